The van der Waals surface area contributed by atoms with E-state index in [0.29, 0.717) is 6.42 Å². The molecule has 0 saturated carbocycles. The van der Waals surface area contributed by atoms with Crippen molar-refractivity contribution in [3.63, 3.8) is 0 Å². The number of oxime groups is 1. The van der Waals surface area contributed by atoms with Crippen molar-refractivity contribution in [2.24, 2.45) is 5.16 Å². The number of aliphatic hydroxyl groups excluding tert-OH is 1. The molecule has 1 saturated heterocycles. The number of benzene rings is 1. The zero-order chi connectivity index (χ0) is 15.4. The van der Waals surface area contributed by atoms with E-state index in [1.807, 2.05) is 18.2 Å². The summed E-state index contributed by atoms with van der Waals surface area (Å²) in [7, 11) is 0. The Bertz CT molecular complexity index is 565. The Hall–Kier alpha value is -1.69. The van der Waals surface area contributed by atoms with Crippen LogP contribution in [0.3, 0.4) is 0 Å². The van der Waals surface area contributed by atoms with Gasteiger partial charge in [-0.05, 0) is 17.5 Å². The number of hydrogen-bond donors (Lipinski definition) is 3. The minimum Gasteiger partial charge on any atom is -0.411 e. The topological polar surface area (TPSA) is 66.5 Å². The van der Waals surface area contributed by atoms with Crippen LogP contribution in [0.4, 0.5) is 0 Å². The third-order valence-corrected chi connectivity index (χ3v) is 4.50. The lowest BCUT2D eigenvalue weighted by atomic mass is 9.94. The standard InChI is InChI=1S/C17H22N2O3/c20-15(12-19-5-7-22-8-6-19)10-13-9-14(11-18-21)17-4-2-1-3-16(13)17/h1-4,9,11,13,15,20-21H,5-8,10,12H2/p+1/b18-11-/t13-,15-/m1/s1. The van der Waals surface area contributed by atoms with Gasteiger partial charge < -0.3 is 20.0 Å². The van der Waals surface area contributed by atoms with Crippen LogP contribution >= 0.6 is 0 Å². The van der Waals surface area contributed by atoms with Crippen molar-refractivity contribution in [2.75, 3.05) is 32.8 Å². The molecule has 0 bridgehead atoms. The molecule has 118 valence electrons. The van der Waals surface area contributed by atoms with E-state index in [4.69, 9.17) is 9.94 Å². The summed E-state index contributed by atoms with van der Waals surface area (Å²) in [6.07, 6.45) is 3.91. The first-order valence-corrected chi connectivity index (χ1v) is 7.86. The summed E-state index contributed by atoms with van der Waals surface area (Å²) >= 11 is 0. The largest absolute Gasteiger partial charge is 0.411 e. The maximum absolute atomic E-state index is 10.4. The van der Waals surface area contributed by atoms with Gasteiger partial charge in [0.15, 0.2) is 0 Å². The number of ether oxygens (including phenoxy) is 1. The second-order valence-electron chi connectivity index (χ2n) is 6.02. The van der Waals surface area contributed by atoms with Crippen LogP contribution in [0.1, 0.15) is 23.5 Å². The molecule has 22 heavy (non-hydrogen) atoms. The summed E-state index contributed by atoms with van der Waals surface area (Å²) in [6.45, 7) is 4.27. The first-order chi connectivity index (χ1) is 10.8. The molecule has 2 aliphatic rings. The summed E-state index contributed by atoms with van der Waals surface area (Å²) in [5, 5.41) is 22.4. The molecule has 1 aliphatic carbocycles. The van der Waals surface area contributed by atoms with Crippen LogP contribution in [0.2, 0.25) is 0 Å². The first-order valence-electron chi connectivity index (χ1n) is 7.86. The monoisotopic (exact) mass is 303 g/mol. The van der Waals surface area contributed by atoms with Gasteiger partial charge in [-0.2, -0.15) is 0 Å². The van der Waals surface area contributed by atoms with Crippen molar-refractivity contribution in [1.29, 1.82) is 0 Å². The van der Waals surface area contributed by atoms with E-state index >= 15 is 0 Å². The predicted octanol–water partition coefficient (Wildman–Crippen LogP) is 0.293. The summed E-state index contributed by atoms with van der Waals surface area (Å²) in [5.41, 5.74) is 3.22. The van der Waals surface area contributed by atoms with Crippen molar-refractivity contribution in [3.8, 4) is 0 Å². The zero-order valence-electron chi connectivity index (χ0n) is 12.6. The van der Waals surface area contributed by atoms with Gasteiger partial charge in [0.25, 0.3) is 0 Å². The Kier molecular flexibility index (Phi) is 4.87. The Morgan fingerprint density at radius 1 is 1.32 bits per heavy atom. The highest BCUT2D eigenvalue weighted by Crippen LogP contribution is 2.37. The van der Waals surface area contributed by atoms with E-state index in [0.717, 1.165) is 44.0 Å². The third-order valence-electron chi connectivity index (χ3n) is 4.50. The minimum absolute atomic E-state index is 0.180. The molecule has 2 atom stereocenters. The van der Waals surface area contributed by atoms with Gasteiger partial charge >= 0.3 is 0 Å². The van der Waals surface area contributed by atoms with Gasteiger partial charge in [-0.3, -0.25) is 0 Å². The molecule has 1 heterocycles. The molecule has 5 heteroatoms. The van der Waals surface area contributed by atoms with Crippen LogP contribution in [0, 0.1) is 0 Å². The van der Waals surface area contributed by atoms with Crippen LogP contribution in [-0.2, 0) is 4.74 Å². The van der Waals surface area contributed by atoms with Crippen molar-refractivity contribution in [2.45, 2.75) is 18.4 Å². The smallest absolute Gasteiger partial charge is 0.104 e. The van der Waals surface area contributed by atoms with Crippen LogP contribution in [0.15, 0.2) is 35.5 Å². The fourth-order valence-corrected chi connectivity index (χ4v) is 3.42. The molecule has 1 aromatic carbocycles. The van der Waals surface area contributed by atoms with Gasteiger partial charge in [-0.15, -0.1) is 0 Å². The summed E-state index contributed by atoms with van der Waals surface area (Å²) < 4.78 is 5.35. The van der Waals surface area contributed by atoms with E-state index in [9.17, 15) is 5.11 Å². The van der Waals surface area contributed by atoms with E-state index < -0.39 is 0 Å². The van der Waals surface area contributed by atoms with Crippen molar-refractivity contribution >= 4 is 11.8 Å². The fourth-order valence-electron chi connectivity index (χ4n) is 3.42. The normalized spacial score (nSPS) is 23.5. The molecule has 1 aromatic rings. The highest BCUT2D eigenvalue weighted by atomic mass is 16.5. The molecule has 3 rings (SSSR count). The summed E-state index contributed by atoms with van der Waals surface area (Å²) in [4.78, 5) is 1.41. The molecule has 1 fully saturated rings. The van der Waals surface area contributed by atoms with Crippen LogP contribution < -0.4 is 4.90 Å². The Labute approximate surface area is 130 Å². The average molecular weight is 303 g/mol. The third kappa shape index (κ3) is 3.38. The Balaban J connectivity index is 1.66. The van der Waals surface area contributed by atoms with Crippen molar-refractivity contribution in [3.05, 3.63) is 41.5 Å². The SMILES string of the molecule is O/N=C\C1=C[C@H](C[C@@H](O)C[NH+]2CCOCC2)c2ccccc21. The Morgan fingerprint density at radius 3 is 2.86 bits per heavy atom. The maximum Gasteiger partial charge on any atom is 0.104 e. The molecular formula is C17H23N2O3+. The van der Waals surface area contributed by atoms with Gasteiger partial charge in [0.05, 0.1) is 19.4 Å². The first kappa shape index (κ1) is 15.2. The number of aliphatic hydroxyl groups is 1. The molecule has 0 amide bonds. The number of rotatable bonds is 5. The van der Waals surface area contributed by atoms with Crippen LogP contribution in [-0.4, -0.2) is 55.5 Å². The number of fused-ring (bicyclic) bond motifs is 1. The molecular weight excluding hydrogens is 280 g/mol. The molecule has 0 radical (unpaired) electrons. The lowest BCUT2D eigenvalue weighted by molar-refractivity contribution is -0.911. The predicted molar refractivity (Wildman–Crippen MR) is 84.4 cm³/mol. The van der Waals surface area contributed by atoms with Crippen molar-refractivity contribution < 1.29 is 20.0 Å². The van der Waals surface area contributed by atoms with Gasteiger partial charge in [-0.25, -0.2) is 0 Å². The van der Waals surface area contributed by atoms with E-state index in [1.54, 1.807) is 0 Å². The molecule has 1 aliphatic heterocycles. The number of allylic oxidation sites excluding steroid dienone is 2. The number of nitrogens with one attached hydrogen (secondary N) is 1. The Morgan fingerprint density at radius 2 is 2.09 bits per heavy atom. The highest BCUT2D eigenvalue weighted by molar-refractivity contribution is 6.11. The second-order valence-corrected chi connectivity index (χ2v) is 6.02. The highest BCUT2D eigenvalue weighted by Gasteiger charge is 2.26. The molecule has 3 N–H and O–H groups in total. The maximum atomic E-state index is 10.4. The van der Waals surface area contributed by atoms with Gasteiger partial charge in [0.2, 0.25) is 0 Å². The summed E-state index contributed by atoms with van der Waals surface area (Å²) in [5.74, 6) is 0.180. The van der Waals surface area contributed by atoms with E-state index in [1.165, 1.54) is 16.7 Å². The second kappa shape index (κ2) is 7.05. The molecule has 5 nitrogen and oxygen atoms in total. The minimum atomic E-state index is -0.340. The number of nitrogens with zero attached hydrogens (tertiary/aromatic N) is 1. The lowest BCUT2D eigenvalue weighted by Gasteiger charge is -2.26. The van der Waals surface area contributed by atoms with Gasteiger partial charge in [0, 0.05) is 11.5 Å². The molecule has 0 spiro atoms. The number of morpholine rings is 1. The van der Waals surface area contributed by atoms with Crippen LogP contribution in [0.5, 0.6) is 0 Å². The van der Waals surface area contributed by atoms with E-state index in [2.05, 4.69) is 17.3 Å². The quantitative estimate of drug-likeness (QED) is 0.416. The van der Waals surface area contributed by atoms with Gasteiger partial charge in [-0.1, -0.05) is 35.5 Å². The lowest BCUT2D eigenvalue weighted by Crippen LogP contribution is -3.15. The van der Waals surface area contributed by atoms with Crippen LogP contribution in [0.25, 0.3) is 5.57 Å². The molecule has 0 aromatic heterocycles. The number of hydrogen-bond acceptors (Lipinski definition) is 4. The fraction of sp³-hybridized carbons (Fsp3) is 0.471. The average Bonchev–Trinajstić information content (AvgIpc) is 2.87. The number of quaternary nitrogens is 1. The summed E-state index contributed by atoms with van der Waals surface area (Å²) in [6, 6.07) is 8.11. The van der Waals surface area contributed by atoms with Gasteiger partial charge in [0.1, 0.15) is 25.7 Å². The zero-order valence-corrected chi connectivity index (χ0v) is 12.6. The molecule has 0 unspecified atom stereocenters. The van der Waals surface area contributed by atoms with Crippen molar-refractivity contribution in [1.82, 2.24) is 0 Å². The van der Waals surface area contributed by atoms with E-state index in [-0.39, 0.29) is 12.0 Å².